The molecular formula is C13H23N3S. The van der Waals surface area contributed by atoms with Crippen LogP contribution in [0, 0.1) is 5.92 Å². The van der Waals surface area contributed by atoms with E-state index in [1.165, 1.54) is 35.8 Å². The molecule has 1 unspecified atom stereocenters. The molecule has 0 aliphatic heterocycles. The molecule has 0 amide bonds. The van der Waals surface area contributed by atoms with Gasteiger partial charge in [0.15, 0.2) is 5.13 Å². The minimum absolute atomic E-state index is 0.406. The molecule has 1 N–H and O–H groups in total. The Labute approximate surface area is 108 Å². The van der Waals surface area contributed by atoms with Crippen molar-refractivity contribution in [3.05, 3.63) is 11.1 Å². The van der Waals surface area contributed by atoms with E-state index in [1.807, 2.05) is 24.6 Å². The van der Waals surface area contributed by atoms with Crippen LogP contribution in [0.25, 0.3) is 0 Å². The third-order valence-electron chi connectivity index (χ3n) is 3.73. The van der Waals surface area contributed by atoms with Gasteiger partial charge in [-0.05, 0) is 39.7 Å². The van der Waals surface area contributed by atoms with Gasteiger partial charge in [-0.25, -0.2) is 4.98 Å². The molecular weight excluding hydrogens is 230 g/mol. The van der Waals surface area contributed by atoms with Crippen LogP contribution >= 0.6 is 11.3 Å². The van der Waals surface area contributed by atoms with E-state index < -0.39 is 0 Å². The number of anilines is 1. The highest BCUT2D eigenvalue weighted by atomic mass is 32.1. The third kappa shape index (κ3) is 2.99. The second kappa shape index (κ2) is 5.83. The average Bonchev–Trinajstić information content (AvgIpc) is 2.76. The van der Waals surface area contributed by atoms with Gasteiger partial charge in [0.05, 0.1) is 0 Å². The minimum atomic E-state index is 0.406. The third-order valence-corrected chi connectivity index (χ3v) is 4.97. The van der Waals surface area contributed by atoms with Crippen molar-refractivity contribution >= 4 is 16.5 Å². The van der Waals surface area contributed by atoms with Crippen LogP contribution in [-0.2, 0) is 0 Å². The molecule has 96 valence electrons. The van der Waals surface area contributed by atoms with Crippen molar-refractivity contribution in [2.24, 2.45) is 5.92 Å². The number of hydrogen-bond donors (Lipinski definition) is 1. The first-order valence-corrected chi connectivity index (χ1v) is 7.44. The van der Waals surface area contributed by atoms with Gasteiger partial charge in [-0.15, -0.1) is 11.3 Å². The molecule has 4 heteroatoms. The highest BCUT2D eigenvalue weighted by Gasteiger charge is 2.21. The zero-order chi connectivity index (χ0) is 12.3. The summed E-state index contributed by atoms with van der Waals surface area (Å²) < 4.78 is 0. The molecule has 0 radical (unpaired) electrons. The average molecular weight is 253 g/mol. The van der Waals surface area contributed by atoms with Crippen LogP contribution in [0.3, 0.4) is 0 Å². The molecule has 1 aliphatic carbocycles. The second-order valence-electron chi connectivity index (χ2n) is 4.89. The van der Waals surface area contributed by atoms with E-state index in [0.29, 0.717) is 6.04 Å². The molecule has 0 aromatic carbocycles. The van der Waals surface area contributed by atoms with Crippen LogP contribution < -0.4 is 10.2 Å². The summed E-state index contributed by atoms with van der Waals surface area (Å²) in [5, 5.41) is 4.46. The van der Waals surface area contributed by atoms with Crippen LogP contribution in [-0.4, -0.2) is 25.1 Å². The van der Waals surface area contributed by atoms with E-state index >= 15 is 0 Å². The largest absolute Gasteiger partial charge is 0.348 e. The standard InChI is InChI=1S/C13H23N3S/c1-4-16(9-11-6-5-7-11)13-15-8-12(17-13)10(2)14-3/h8,10-11,14H,4-7,9H2,1-3H3. The molecule has 1 fully saturated rings. The Hall–Kier alpha value is -0.610. The molecule has 1 aliphatic rings. The Bertz CT molecular complexity index is 346. The zero-order valence-corrected chi connectivity index (χ0v) is 11.9. The van der Waals surface area contributed by atoms with Gasteiger partial charge in [0, 0.05) is 30.2 Å². The van der Waals surface area contributed by atoms with E-state index in [0.717, 1.165) is 12.5 Å². The number of hydrogen-bond acceptors (Lipinski definition) is 4. The van der Waals surface area contributed by atoms with Crippen molar-refractivity contribution in [3.63, 3.8) is 0 Å². The van der Waals surface area contributed by atoms with Crippen LogP contribution in [0.15, 0.2) is 6.20 Å². The summed E-state index contributed by atoms with van der Waals surface area (Å²) in [6.45, 7) is 6.66. The number of aromatic nitrogens is 1. The lowest BCUT2D eigenvalue weighted by Crippen LogP contribution is -2.32. The van der Waals surface area contributed by atoms with Crippen LogP contribution in [0.5, 0.6) is 0 Å². The summed E-state index contributed by atoms with van der Waals surface area (Å²) in [4.78, 5) is 8.33. The monoisotopic (exact) mass is 253 g/mol. The summed E-state index contributed by atoms with van der Waals surface area (Å²) in [7, 11) is 2.00. The molecule has 3 nitrogen and oxygen atoms in total. The summed E-state index contributed by atoms with van der Waals surface area (Å²) in [5.74, 6) is 0.907. The van der Waals surface area contributed by atoms with Gasteiger partial charge in [0.1, 0.15) is 0 Å². The van der Waals surface area contributed by atoms with E-state index in [1.54, 1.807) is 0 Å². The lowest BCUT2D eigenvalue weighted by Gasteiger charge is -2.31. The maximum Gasteiger partial charge on any atom is 0.185 e. The van der Waals surface area contributed by atoms with Crippen LogP contribution in [0.1, 0.15) is 44.0 Å². The van der Waals surface area contributed by atoms with E-state index in [9.17, 15) is 0 Å². The molecule has 17 heavy (non-hydrogen) atoms. The smallest absolute Gasteiger partial charge is 0.185 e. The molecule has 0 spiro atoms. The Morgan fingerprint density at radius 2 is 2.35 bits per heavy atom. The molecule has 2 rings (SSSR count). The van der Waals surface area contributed by atoms with Gasteiger partial charge >= 0.3 is 0 Å². The maximum absolute atomic E-state index is 4.57. The van der Waals surface area contributed by atoms with Crippen molar-refractivity contribution in [1.29, 1.82) is 0 Å². The molecule has 1 aromatic rings. The zero-order valence-electron chi connectivity index (χ0n) is 11.1. The van der Waals surface area contributed by atoms with Gasteiger partial charge in [0.2, 0.25) is 0 Å². The highest BCUT2D eigenvalue weighted by molar-refractivity contribution is 7.15. The first kappa shape index (κ1) is 12.8. The number of rotatable bonds is 6. The van der Waals surface area contributed by atoms with E-state index in [-0.39, 0.29) is 0 Å². The summed E-state index contributed by atoms with van der Waals surface area (Å²) in [6, 6.07) is 0.406. The number of thiazole rings is 1. The quantitative estimate of drug-likeness (QED) is 0.844. The van der Waals surface area contributed by atoms with Crippen molar-refractivity contribution < 1.29 is 0 Å². The normalized spacial score (nSPS) is 17.8. The Kier molecular flexibility index (Phi) is 4.40. The van der Waals surface area contributed by atoms with Gasteiger partial charge in [-0.2, -0.15) is 0 Å². The van der Waals surface area contributed by atoms with Crippen LogP contribution in [0.2, 0.25) is 0 Å². The van der Waals surface area contributed by atoms with Crippen molar-refractivity contribution in [2.45, 2.75) is 39.2 Å². The Morgan fingerprint density at radius 1 is 1.59 bits per heavy atom. The van der Waals surface area contributed by atoms with Crippen molar-refractivity contribution in [2.75, 3.05) is 25.0 Å². The maximum atomic E-state index is 4.57. The van der Waals surface area contributed by atoms with Gasteiger partial charge in [-0.1, -0.05) is 6.42 Å². The predicted octanol–water partition coefficient (Wildman–Crippen LogP) is 3.05. The van der Waals surface area contributed by atoms with E-state index in [2.05, 4.69) is 29.0 Å². The van der Waals surface area contributed by atoms with E-state index in [4.69, 9.17) is 0 Å². The predicted molar refractivity (Wildman–Crippen MR) is 74.8 cm³/mol. The number of nitrogens with zero attached hydrogens (tertiary/aromatic N) is 2. The second-order valence-corrected chi connectivity index (χ2v) is 5.93. The summed E-state index contributed by atoms with van der Waals surface area (Å²) in [5.41, 5.74) is 0. The SMILES string of the molecule is CCN(CC1CCC1)c1ncc(C(C)NC)s1. The molecule has 1 atom stereocenters. The first-order valence-electron chi connectivity index (χ1n) is 6.62. The lowest BCUT2D eigenvalue weighted by atomic mass is 9.85. The fraction of sp³-hybridized carbons (Fsp3) is 0.769. The summed E-state index contributed by atoms with van der Waals surface area (Å²) in [6.07, 6.45) is 6.25. The van der Waals surface area contributed by atoms with Crippen molar-refractivity contribution in [1.82, 2.24) is 10.3 Å². The number of nitrogens with one attached hydrogen (secondary N) is 1. The van der Waals surface area contributed by atoms with Gasteiger partial charge in [-0.3, -0.25) is 0 Å². The van der Waals surface area contributed by atoms with Crippen molar-refractivity contribution in [3.8, 4) is 0 Å². The molecule has 1 aromatic heterocycles. The van der Waals surface area contributed by atoms with Gasteiger partial charge < -0.3 is 10.2 Å². The fourth-order valence-electron chi connectivity index (χ4n) is 2.10. The Balaban J connectivity index is 2.00. The molecule has 0 saturated heterocycles. The molecule has 0 bridgehead atoms. The molecule has 1 saturated carbocycles. The lowest BCUT2D eigenvalue weighted by molar-refractivity contribution is 0.318. The topological polar surface area (TPSA) is 28.2 Å². The first-order chi connectivity index (χ1) is 8.24. The summed E-state index contributed by atoms with van der Waals surface area (Å²) >= 11 is 1.83. The Morgan fingerprint density at radius 3 is 2.88 bits per heavy atom. The minimum Gasteiger partial charge on any atom is -0.348 e. The fourth-order valence-corrected chi connectivity index (χ4v) is 3.14. The highest BCUT2D eigenvalue weighted by Crippen LogP contribution is 2.31. The van der Waals surface area contributed by atoms with Gasteiger partial charge in [0.25, 0.3) is 0 Å². The molecule has 1 heterocycles. The van der Waals surface area contributed by atoms with Crippen LogP contribution in [0.4, 0.5) is 5.13 Å².